The summed E-state index contributed by atoms with van der Waals surface area (Å²) in [7, 11) is 0. The van der Waals surface area contributed by atoms with Crippen LogP contribution in [0.1, 0.15) is 27.9 Å². The number of amides is 1. The molecular formula is C21H19ClN4O. The molecule has 1 aromatic heterocycles. The van der Waals surface area contributed by atoms with Crippen LogP contribution in [0.5, 0.6) is 0 Å². The van der Waals surface area contributed by atoms with Crippen LogP contribution in [-0.4, -0.2) is 22.4 Å². The van der Waals surface area contributed by atoms with Gasteiger partial charge in [-0.2, -0.15) is 0 Å². The van der Waals surface area contributed by atoms with E-state index >= 15 is 0 Å². The Morgan fingerprint density at radius 2 is 1.89 bits per heavy atom. The minimum atomic E-state index is -0.258. The van der Waals surface area contributed by atoms with Crippen LogP contribution in [0.15, 0.2) is 54.9 Å². The van der Waals surface area contributed by atoms with Gasteiger partial charge in [-0.15, -0.1) is 0 Å². The Morgan fingerprint density at radius 3 is 2.70 bits per heavy atom. The molecule has 1 amide bonds. The summed E-state index contributed by atoms with van der Waals surface area (Å²) in [6.45, 7) is 2.73. The van der Waals surface area contributed by atoms with Crippen LogP contribution in [0.3, 0.4) is 0 Å². The Hall–Kier alpha value is -2.92. The Balaban J connectivity index is 1.54. The van der Waals surface area contributed by atoms with Crippen molar-refractivity contribution in [2.75, 3.05) is 16.8 Å². The molecule has 1 aliphatic heterocycles. The summed E-state index contributed by atoms with van der Waals surface area (Å²) in [6.07, 6.45) is 5.24. The molecule has 0 saturated carbocycles. The van der Waals surface area contributed by atoms with Gasteiger partial charge in [0.25, 0.3) is 5.91 Å². The molecule has 0 bridgehead atoms. The zero-order chi connectivity index (χ0) is 18.8. The molecule has 0 spiro atoms. The number of aryl methyl sites for hydroxylation is 1. The van der Waals surface area contributed by atoms with Gasteiger partial charge in [0, 0.05) is 35.3 Å². The molecule has 2 aromatic carbocycles. The maximum atomic E-state index is 12.5. The Labute approximate surface area is 163 Å². The Bertz CT molecular complexity index is 988. The highest BCUT2D eigenvalue weighted by Gasteiger charge is 2.20. The van der Waals surface area contributed by atoms with Crippen molar-refractivity contribution in [3.63, 3.8) is 0 Å². The number of fused-ring (bicyclic) bond motifs is 1. The van der Waals surface area contributed by atoms with Crippen molar-refractivity contribution in [1.82, 2.24) is 9.97 Å². The van der Waals surface area contributed by atoms with Crippen molar-refractivity contribution in [2.24, 2.45) is 0 Å². The molecule has 0 unspecified atom stereocenters. The summed E-state index contributed by atoms with van der Waals surface area (Å²) in [5, 5.41) is 3.48. The number of para-hydroxylation sites is 1. The van der Waals surface area contributed by atoms with Crippen molar-refractivity contribution in [1.29, 1.82) is 0 Å². The minimum Gasteiger partial charge on any atom is -0.322 e. The number of hydrogen-bond donors (Lipinski definition) is 1. The first kappa shape index (κ1) is 17.5. The van der Waals surface area contributed by atoms with Crippen LogP contribution in [-0.2, 0) is 6.42 Å². The third kappa shape index (κ3) is 3.51. The van der Waals surface area contributed by atoms with Gasteiger partial charge in [-0.05, 0) is 49.1 Å². The first-order valence-electron chi connectivity index (χ1n) is 8.87. The summed E-state index contributed by atoms with van der Waals surface area (Å²) in [5.41, 5.74) is 4.35. The monoisotopic (exact) mass is 378 g/mol. The second-order valence-corrected chi connectivity index (χ2v) is 6.93. The first-order chi connectivity index (χ1) is 13.1. The SMILES string of the molecule is Cc1c(Cl)cccc1NC(=O)c1cnc(N2CCCc3ccccc32)nc1. The lowest BCUT2D eigenvalue weighted by molar-refractivity contribution is 0.102. The van der Waals surface area contributed by atoms with E-state index in [9.17, 15) is 4.79 Å². The lowest BCUT2D eigenvalue weighted by atomic mass is 10.0. The number of benzene rings is 2. The number of anilines is 3. The minimum absolute atomic E-state index is 0.258. The number of carbonyl (C=O) groups excluding carboxylic acids is 1. The number of hydrogen-bond acceptors (Lipinski definition) is 4. The van der Waals surface area contributed by atoms with Crippen LogP contribution >= 0.6 is 11.6 Å². The van der Waals surface area contributed by atoms with Crippen molar-refractivity contribution in [3.8, 4) is 0 Å². The summed E-state index contributed by atoms with van der Waals surface area (Å²) in [5.74, 6) is 0.351. The number of nitrogens with one attached hydrogen (secondary N) is 1. The van der Waals surface area contributed by atoms with Gasteiger partial charge in [-0.3, -0.25) is 4.79 Å². The van der Waals surface area contributed by atoms with Gasteiger partial charge in [0.1, 0.15) is 0 Å². The second-order valence-electron chi connectivity index (χ2n) is 6.52. The average molecular weight is 379 g/mol. The highest BCUT2D eigenvalue weighted by molar-refractivity contribution is 6.31. The second kappa shape index (κ2) is 7.37. The topological polar surface area (TPSA) is 58.1 Å². The van der Waals surface area contributed by atoms with Gasteiger partial charge in [0.15, 0.2) is 0 Å². The van der Waals surface area contributed by atoms with E-state index in [1.165, 1.54) is 5.56 Å². The standard InChI is InChI=1S/C21H19ClN4O/c1-14-17(22)8-4-9-18(14)25-20(27)16-12-23-21(24-13-16)26-11-5-7-15-6-2-3-10-19(15)26/h2-4,6,8-10,12-13H,5,7,11H2,1H3,(H,25,27). The van der Waals surface area contributed by atoms with Crippen LogP contribution in [0, 0.1) is 6.92 Å². The van der Waals surface area contributed by atoms with Crippen molar-refractivity contribution in [3.05, 3.63) is 76.6 Å². The number of nitrogens with zero attached hydrogens (tertiary/aromatic N) is 3. The van der Waals surface area contributed by atoms with E-state index in [4.69, 9.17) is 11.6 Å². The molecule has 0 aliphatic carbocycles. The summed E-state index contributed by atoms with van der Waals surface area (Å²) < 4.78 is 0. The van der Waals surface area contributed by atoms with Gasteiger partial charge in [0.2, 0.25) is 5.95 Å². The summed E-state index contributed by atoms with van der Waals surface area (Å²) in [6, 6.07) is 13.7. The first-order valence-corrected chi connectivity index (χ1v) is 9.25. The van der Waals surface area contributed by atoms with Crippen LogP contribution in [0.2, 0.25) is 5.02 Å². The molecule has 5 nitrogen and oxygen atoms in total. The molecule has 136 valence electrons. The fourth-order valence-corrected chi connectivity index (χ4v) is 3.43. The highest BCUT2D eigenvalue weighted by Crippen LogP contribution is 2.31. The molecule has 0 fully saturated rings. The third-order valence-electron chi connectivity index (χ3n) is 4.77. The molecule has 27 heavy (non-hydrogen) atoms. The predicted molar refractivity (Wildman–Crippen MR) is 108 cm³/mol. The van der Waals surface area contributed by atoms with E-state index in [2.05, 4.69) is 38.4 Å². The summed E-state index contributed by atoms with van der Waals surface area (Å²) >= 11 is 6.11. The molecular weight excluding hydrogens is 360 g/mol. The van der Waals surface area contributed by atoms with E-state index in [1.54, 1.807) is 24.5 Å². The molecule has 3 aromatic rings. The lowest BCUT2D eigenvalue weighted by Gasteiger charge is -2.29. The Morgan fingerprint density at radius 1 is 1.11 bits per heavy atom. The lowest BCUT2D eigenvalue weighted by Crippen LogP contribution is -2.26. The van der Waals surface area contributed by atoms with Crippen LogP contribution in [0.25, 0.3) is 0 Å². The maximum absolute atomic E-state index is 12.5. The van der Waals surface area contributed by atoms with E-state index in [1.807, 2.05) is 19.1 Å². The van der Waals surface area contributed by atoms with E-state index < -0.39 is 0 Å². The third-order valence-corrected chi connectivity index (χ3v) is 5.18. The molecule has 6 heteroatoms. The predicted octanol–water partition coefficient (Wildman–Crippen LogP) is 4.78. The molecule has 1 aliphatic rings. The van der Waals surface area contributed by atoms with Crippen molar-refractivity contribution < 1.29 is 4.79 Å². The largest absolute Gasteiger partial charge is 0.322 e. The summed E-state index contributed by atoms with van der Waals surface area (Å²) in [4.78, 5) is 23.5. The van der Waals surface area contributed by atoms with Gasteiger partial charge in [-0.1, -0.05) is 35.9 Å². The quantitative estimate of drug-likeness (QED) is 0.712. The van der Waals surface area contributed by atoms with Gasteiger partial charge in [0.05, 0.1) is 5.56 Å². The number of carbonyl (C=O) groups is 1. The average Bonchev–Trinajstić information content (AvgIpc) is 2.71. The molecule has 2 heterocycles. The molecule has 0 atom stereocenters. The van der Waals surface area contributed by atoms with Crippen molar-refractivity contribution in [2.45, 2.75) is 19.8 Å². The van der Waals surface area contributed by atoms with Crippen LogP contribution in [0.4, 0.5) is 17.3 Å². The van der Waals surface area contributed by atoms with E-state index in [-0.39, 0.29) is 5.91 Å². The van der Waals surface area contributed by atoms with Crippen LogP contribution < -0.4 is 10.2 Å². The van der Waals surface area contributed by atoms with E-state index in [0.29, 0.717) is 22.2 Å². The van der Waals surface area contributed by atoms with E-state index in [0.717, 1.165) is 30.6 Å². The number of halogens is 1. The normalized spacial score (nSPS) is 13.2. The fraction of sp³-hybridized carbons (Fsp3) is 0.190. The molecule has 4 rings (SSSR count). The molecule has 0 radical (unpaired) electrons. The van der Waals surface area contributed by atoms with Gasteiger partial charge < -0.3 is 10.2 Å². The maximum Gasteiger partial charge on any atom is 0.258 e. The molecule has 1 N–H and O–H groups in total. The number of rotatable bonds is 3. The highest BCUT2D eigenvalue weighted by atomic mass is 35.5. The Kier molecular flexibility index (Phi) is 4.77. The fourth-order valence-electron chi connectivity index (χ4n) is 3.26. The smallest absolute Gasteiger partial charge is 0.258 e. The number of aromatic nitrogens is 2. The van der Waals surface area contributed by atoms with Crippen molar-refractivity contribution >= 4 is 34.8 Å². The van der Waals surface area contributed by atoms with Gasteiger partial charge in [-0.25, -0.2) is 9.97 Å². The molecule has 0 saturated heterocycles. The zero-order valence-electron chi connectivity index (χ0n) is 14.9. The van der Waals surface area contributed by atoms with Gasteiger partial charge >= 0.3 is 0 Å². The zero-order valence-corrected chi connectivity index (χ0v) is 15.7.